The minimum Gasteiger partial charge on any atom is -0.388 e. The van der Waals surface area contributed by atoms with Gasteiger partial charge in [-0.05, 0) is 29.3 Å². The Labute approximate surface area is 124 Å². The smallest absolute Gasteiger partial charge is 0.0830 e. The average molecular weight is 346 g/mol. The molecule has 0 saturated carbocycles. The van der Waals surface area contributed by atoms with E-state index in [4.69, 9.17) is 23.2 Å². The van der Waals surface area contributed by atoms with Crippen molar-refractivity contribution in [1.82, 2.24) is 0 Å². The minimum absolute atomic E-state index is 0.445. The van der Waals surface area contributed by atoms with Crippen LogP contribution in [0.25, 0.3) is 0 Å². The van der Waals surface area contributed by atoms with Gasteiger partial charge in [0.1, 0.15) is 0 Å². The van der Waals surface area contributed by atoms with Crippen molar-refractivity contribution in [2.45, 2.75) is 12.5 Å². The van der Waals surface area contributed by atoms with Gasteiger partial charge in [-0.1, -0.05) is 63.4 Å². The molecule has 2 rings (SSSR count). The van der Waals surface area contributed by atoms with Crippen molar-refractivity contribution in [1.29, 1.82) is 0 Å². The largest absolute Gasteiger partial charge is 0.388 e. The number of hydrogen-bond donors (Lipinski definition) is 1. The lowest BCUT2D eigenvalue weighted by molar-refractivity contribution is 0.178. The SMILES string of the molecule is OC(Cc1cccc(Cl)c1Cl)c1ccc(Br)cc1. The first kappa shape index (κ1) is 13.9. The van der Waals surface area contributed by atoms with Gasteiger partial charge in [0, 0.05) is 10.9 Å². The maximum Gasteiger partial charge on any atom is 0.0830 e. The van der Waals surface area contributed by atoms with Crippen molar-refractivity contribution in [3.8, 4) is 0 Å². The number of rotatable bonds is 3. The molecular weight excluding hydrogens is 335 g/mol. The molecule has 0 radical (unpaired) electrons. The predicted molar refractivity (Wildman–Crippen MR) is 79.3 cm³/mol. The first-order valence-corrected chi connectivity index (χ1v) is 6.99. The summed E-state index contributed by atoms with van der Waals surface area (Å²) in [6, 6.07) is 13.0. The van der Waals surface area contributed by atoms with Gasteiger partial charge in [-0.3, -0.25) is 0 Å². The number of aliphatic hydroxyl groups is 1. The van der Waals surface area contributed by atoms with E-state index in [1.165, 1.54) is 0 Å². The third-order valence-electron chi connectivity index (χ3n) is 2.70. The molecule has 1 N–H and O–H groups in total. The third-order valence-corrected chi connectivity index (χ3v) is 4.09. The molecule has 2 aromatic carbocycles. The van der Waals surface area contributed by atoms with E-state index in [-0.39, 0.29) is 0 Å². The molecular formula is C14H11BrCl2O. The molecule has 94 valence electrons. The molecule has 0 aliphatic rings. The fraction of sp³-hybridized carbons (Fsp3) is 0.143. The monoisotopic (exact) mass is 344 g/mol. The Morgan fingerprint density at radius 3 is 2.39 bits per heavy atom. The van der Waals surface area contributed by atoms with Crippen molar-refractivity contribution in [3.63, 3.8) is 0 Å². The van der Waals surface area contributed by atoms with Gasteiger partial charge in [0.15, 0.2) is 0 Å². The number of aliphatic hydroxyl groups excluding tert-OH is 1. The van der Waals surface area contributed by atoms with Crippen LogP contribution in [-0.2, 0) is 6.42 Å². The van der Waals surface area contributed by atoms with Crippen LogP contribution in [0.4, 0.5) is 0 Å². The van der Waals surface area contributed by atoms with Gasteiger partial charge in [-0.2, -0.15) is 0 Å². The molecule has 2 aromatic rings. The summed E-state index contributed by atoms with van der Waals surface area (Å²) in [6.45, 7) is 0. The van der Waals surface area contributed by atoms with Crippen molar-refractivity contribution < 1.29 is 5.11 Å². The van der Waals surface area contributed by atoms with Crippen molar-refractivity contribution in [3.05, 3.63) is 68.1 Å². The summed E-state index contributed by atoms with van der Waals surface area (Å²) in [5.74, 6) is 0. The van der Waals surface area contributed by atoms with Gasteiger partial charge < -0.3 is 5.11 Å². The van der Waals surface area contributed by atoms with Crippen molar-refractivity contribution in [2.24, 2.45) is 0 Å². The highest BCUT2D eigenvalue weighted by Gasteiger charge is 2.12. The Hall–Kier alpha value is -0.540. The standard InChI is InChI=1S/C14H11BrCl2O/c15-11-6-4-9(5-7-11)13(18)8-10-2-1-3-12(16)14(10)17/h1-7,13,18H,8H2. The molecule has 0 heterocycles. The summed E-state index contributed by atoms with van der Waals surface area (Å²) in [5.41, 5.74) is 1.70. The summed E-state index contributed by atoms with van der Waals surface area (Å²) in [5, 5.41) is 11.2. The Bertz CT molecular complexity index is 540. The fourth-order valence-corrected chi connectivity index (χ4v) is 2.38. The lowest BCUT2D eigenvalue weighted by Crippen LogP contribution is -2.02. The van der Waals surface area contributed by atoms with Gasteiger partial charge in [-0.25, -0.2) is 0 Å². The molecule has 0 fully saturated rings. The topological polar surface area (TPSA) is 20.2 Å². The lowest BCUT2D eigenvalue weighted by atomic mass is 10.0. The summed E-state index contributed by atoms with van der Waals surface area (Å²) >= 11 is 15.4. The Morgan fingerprint density at radius 2 is 1.72 bits per heavy atom. The molecule has 0 amide bonds. The Kier molecular flexibility index (Phi) is 4.68. The molecule has 0 aromatic heterocycles. The normalized spacial score (nSPS) is 12.4. The van der Waals surface area contributed by atoms with Crippen LogP contribution >= 0.6 is 39.1 Å². The average Bonchev–Trinajstić information content (AvgIpc) is 2.36. The highest BCUT2D eigenvalue weighted by molar-refractivity contribution is 9.10. The zero-order valence-corrected chi connectivity index (χ0v) is 12.5. The Balaban J connectivity index is 2.18. The van der Waals surface area contributed by atoms with Gasteiger partial charge in [0.25, 0.3) is 0 Å². The number of halogens is 3. The van der Waals surface area contributed by atoms with Crippen LogP contribution in [0, 0.1) is 0 Å². The molecule has 4 heteroatoms. The molecule has 0 bridgehead atoms. The highest BCUT2D eigenvalue weighted by Crippen LogP contribution is 2.29. The number of benzene rings is 2. The van der Waals surface area contributed by atoms with E-state index < -0.39 is 6.10 Å². The maximum atomic E-state index is 10.2. The highest BCUT2D eigenvalue weighted by atomic mass is 79.9. The molecule has 0 aliphatic carbocycles. The van der Waals surface area contributed by atoms with Gasteiger partial charge >= 0.3 is 0 Å². The molecule has 0 spiro atoms. The van der Waals surface area contributed by atoms with E-state index in [1.807, 2.05) is 36.4 Å². The van der Waals surface area contributed by atoms with Gasteiger partial charge in [0.2, 0.25) is 0 Å². The first-order valence-electron chi connectivity index (χ1n) is 5.44. The second-order valence-electron chi connectivity index (χ2n) is 3.98. The second-order valence-corrected chi connectivity index (χ2v) is 5.69. The van der Waals surface area contributed by atoms with Crippen molar-refractivity contribution >= 4 is 39.1 Å². The van der Waals surface area contributed by atoms with E-state index in [1.54, 1.807) is 6.07 Å². The quantitative estimate of drug-likeness (QED) is 0.826. The third kappa shape index (κ3) is 3.27. The van der Waals surface area contributed by atoms with Crippen LogP contribution in [-0.4, -0.2) is 5.11 Å². The molecule has 1 atom stereocenters. The summed E-state index contributed by atoms with van der Waals surface area (Å²) < 4.78 is 0.985. The van der Waals surface area contributed by atoms with Crippen LogP contribution < -0.4 is 0 Å². The van der Waals surface area contributed by atoms with E-state index in [9.17, 15) is 5.11 Å². The molecule has 0 saturated heterocycles. The first-order chi connectivity index (χ1) is 8.58. The van der Waals surface area contributed by atoms with Crippen LogP contribution in [0.3, 0.4) is 0 Å². The van der Waals surface area contributed by atoms with E-state index in [0.717, 1.165) is 15.6 Å². The molecule has 18 heavy (non-hydrogen) atoms. The summed E-state index contributed by atoms with van der Waals surface area (Å²) in [6.07, 6.45) is -0.143. The zero-order chi connectivity index (χ0) is 13.1. The van der Waals surface area contributed by atoms with Gasteiger partial charge in [-0.15, -0.1) is 0 Å². The van der Waals surface area contributed by atoms with E-state index in [2.05, 4.69) is 15.9 Å². The van der Waals surface area contributed by atoms with E-state index in [0.29, 0.717) is 16.5 Å². The summed E-state index contributed by atoms with van der Waals surface area (Å²) in [7, 11) is 0. The predicted octanol–water partition coefficient (Wildman–Crippen LogP) is 5.03. The maximum absolute atomic E-state index is 10.2. The minimum atomic E-state index is -0.589. The molecule has 1 unspecified atom stereocenters. The lowest BCUT2D eigenvalue weighted by Gasteiger charge is -2.13. The second kappa shape index (κ2) is 6.07. The van der Waals surface area contributed by atoms with Crippen molar-refractivity contribution in [2.75, 3.05) is 0 Å². The van der Waals surface area contributed by atoms with Crippen LogP contribution in [0.2, 0.25) is 10.0 Å². The zero-order valence-electron chi connectivity index (χ0n) is 9.41. The van der Waals surface area contributed by atoms with Crippen LogP contribution in [0.15, 0.2) is 46.9 Å². The summed E-state index contributed by atoms with van der Waals surface area (Å²) in [4.78, 5) is 0. The fourth-order valence-electron chi connectivity index (χ4n) is 1.72. The van der Waals surface area contributed by atoms with Gasteiger partial charge in [0.05, 0.1) is 16.1 Å². The number of hydrogen-bond acceptors (Lipinski definition) is 1. The Morgan fingerprint density at radius 1 is 1.06 bits per heavy atom. The molecule has 0 aliphatic heterocycles. The van der Waals surface area contributed by atoms with Crippen LogP contribution in [0.5, 0.6) is 0 Å². The van der Waals surface area contributed by atoms with Crippen LogP contribution in [0.1, 0.15) is 17.2 Å². The molecule has 1 nitrogen and oxygen atoms in total. The van der Waals surface area contributed by atoms with E-state index >= 15 is 0 Å².